The molecule has 0 spiro atoms. The summed E-state index contributed by atoms with van der Waals surface area (Å²) in [6.45, 7) is 7.01. The standard InChI is InChI=1S/C23H29N3O7/c1-4-31-22(29)16(3)33-19-8-6-7-18-17(19)9-10-26(21(18)28)15-20(27)24-11-13-25(14-12-24)23(30)32-5-2/h6-10,16H,4-5,11-15H2,1-3H3/t16-/m0/s1. The number of nitrogens with zero attached hydrogens (tertiary/aromatic N) is 3. The Morgan fingerprint density at radius 1 is 0.939 bits per heavy atom. The van der Waals surface area contributed by atoms with E-state index in [0.29, 0.717) is 49.3 Å². The molecule has 2 heterocycles. The van der Waals surface area contributed by atoms with Gasteiger partial charge < -0.3 is 28.6 Å². The summed E-state index contributed by atoms with van der Waals surface area (Å²) in [6.07, 6.45) is 0.331. The third-order valence-corrected chi connectivity index (χ3v) is 5.36. The fourth-order valence-corrected chi connectivity index (χ4v) is 3.61. The molecule has 0 radical (unpaired) electrons. The molecule has 1 saturated heterocycles. The van der Waals surface area contributed by atoms with Gasteiger partial charge in [0, 0.05) is 37.8 Å². The van der Waals surface area contributed by atoms with E-state index in [1.54, 1.807) is 61.0 Å². The second-order valence-electron chi connectivity index (χ2n) is 7.55. The largest absolute Gasteiger partial charge is 0.478 e. The van der Waals surface area contributed by atoms with Crippen LogP contribution in [-0.2, 0) is 25.6 Å². The molecule has 1 aromatic carbocycles. The smallest absolute Gasteiger partial charge is 0.409 e. The number of carbonyl (C=O) groups excluding carboxylic acids is 3. The average Bonchev–Trinajstić information content (AvgIpc) is 2.81. The third kappa shape index (κ3) is 5.63. The van der Waals surface area contributed by atoms with Crippen LogP contribution in [0.4, 0.5) is 4.79 Å². The summed E-state index contributed by atoms with van der Waals surface area (Å²) in [5.74, 6) is -0.307. The van der Waals surface area contributed by atoms with Gasteiger partial charge in [0.15, 0.2) is 6.10 Å². The molecule has 178 valence electrons. The molecule has 1 aromatic heterocycles. The number of esters is 1. The highest BCUT2D eigenvalue weighted by Gasteiger charge is 2.25. The van der Waals surface area contributed by atoms with E-state index < -0.39 is 12.1 Å². The molecule has 1 aliphatic rings. The first-order chi connectivity index (χ1) is 15.8. The Morgan fingerprint density at radius 3 is 2.27 bits per heavy atom. The summed E-state index contributed by atoms with van der Waals surface area (Å²) in [5, 5.41) is 0.927. The van der Waals surface area contributed by atoms with Gasteiger partial charge in [0.2, 0.25) is 5.91 Å². The highest BCUT2D eigenvalue weighted by molar-refractivity contribution is 5.88. The molecule has 0 N–H and O–H groups in total. The Kier molecular flexibility index (Phi) is 7.92. The lowest BCUT2D eigenvalue weighted by molar-refractivity contribution is -0.150. The van der Waals surface area contributed by atoms with Crippen molar-refractivity contribution in [3.05, 3.63) is 40.8 Å². The molecule has 10 nitrogen and oxygen atoms in total. The van der Waals surface area contributed by atoms with Crippen LogP contribution in [0, 0.1) is 0 Å². The first-order valence-electron chi connectivity index (χ1n) is 11.0. The Bertz CT molecular complexity index is 1070. The normalized spacial score (nSPS) is 14.6. The molecule has 1 fully saturated rings. The summed E-state index contributed by atoms with van der Waals surface area (Å²) in [7, 11) is 0. The number of hydrogen-bond acceptors (Lipinski definition) is 7. The molecular weight excluding hydrogens is 430 g/mol. The Balaban J connectivity index is 1.70. The third-order valence-electron chi connectivity index (χ3n) is 5.36. The minimum Gasteiger partial charge on any atom is -0.478 e. The number of fused-ring (bicyclic) bond motifs is 1. The van der Waals surface area contributed by atoms with Crippen LogP contribution in [0.1, 0.15) is 20.8 Å². The van der Waals surface area contributed by atoms with Crippen molar-refractivity contribution in [2.75, 3.05) is 39.4 Å². The minimum absolute atomic E-state index is 0.113. The zero-order valence-corrected chi connectivity index (χ0v) is 19.1. The van der Waals surface area contributed by atoms with Crippen LogP contribution in [0.25, 0.3) is 10.8 Å². The van der Waals surface area contributed by atoms with Crippen molar-refractivity contribution in [1.82, 2.24) is 14.4 Å². The second kappa shape index (κ2) is 10.8. The topological polar surface area (TPSA) is 107 Å². The van der Waals surface area contributed by atoms with E-state index in [4.69, 9.17) is 14.2 Å². The fraction of sp³-hybridized carbons (Fsp3) is 0.478. The zero-order chi connectivity index (χ0) is 24.0. The summed E-state index contributed by atoms with van der Waals surface area (Å²) in [4.78, 5) is 52.7. The number of benzene rings is 1. The Labute approximate surface area is 191 Å². The van der Waals surface area contributed by atoms with Crippen LogP contribution in [0.15, 0.2) is 35.3 Å². The van der Waals surface area contributed by atoms with Crippen molar-refractivity contribution < 1.29 is 28.6 Å². The molecule has 0 bridgehead atoms. The van der Waals surface area contributed by atoms with Crippen LogP contribution >= 0.6 is 0 Å². The second-order valence-corrected chi connectivity index (χ2v) is 7.55. The summed E-state index contributed by atoms with van der Waals surface area (Å²) >= 11 is 0. The molecule has 2 aromatic rings. The quantitative estimate of drug-likeness (QED) is 0.579. The maximum atomic E-state index is 13.0. The number of piperazine rings is 1. The molecule has 1 atom stereocenters. The van der Waals surface area contributed by atoms with Gasteiger partial charge in [-0.2, -0.15) is 0 Å². The fourth-order valence-electron chi connectivity index (χ4n) is 3.61. The zero-order valence-electron chi connectivity index (χ0n) is 19.1. The van der Waals surface area contributed by atoms with Gasteiger partial charge in [-0.25, -0.2) is 9.59 Å². The maximum absolute atomic E-state index is 13.0. The lowest BCUT2D eigenvalue weighted by Gasteiger charge is -2.34. The molecule has 0 saturated carbocycles. The first kappa shape index (κ1) is 24.1. The van der Waals surface area contributed by atoms with Crippen LogP contribution in [0.2, 0.25) is 0 Å². The van der Waals surface area contributed by atoms with Crippen LogP contribution in [-0.4, -0.2) is 77.8 Å². The number of amides is 2. The van der Waals surface area contributed by atoms with Crippen molar-refractivity contribution in [2.45, 2.75) is 33.4 Å². The van der Waals surface area contributed by atoms with E-state index >= 15 is 0 Å². The van der Waals surface area contributed by atoms with E-state index in [1.165, 1.54) is 4.57 Å². The van der Waals surface area contributed by atoms with Gasteiger partial charge in [-0.15, -0.1) is 0 Å². The molecule has 1 aliphatic heterocycles. The summed E-state index contributed by atoms with van der Waals surface area (Å²) in [5.41, 5.74) is -0.333. The van der Waals surface area contributed by atoms with Crippen LogP contribution < -0.4 is 10.3 Å². The molecule has 0 unspecified atom stereocenters. The van der Waals surface area contributed by atoms with Gasteiger partial charge in [0.1, 0.15) is 12.3 Å². The van der Waals surface area contributed by atoms with E-state index in [1.807, 2.05) is 0 Å². The average molecular weight is 459 g/mol. The van der Waals surface area contributed by atoms with Gasteiger partial charge in [-0.05, 0) is 39.0 Å². The van der Waals surface area contributed by atoms with Crippen LogP contribution in [0.3, 0.4) is 0 Å². The van der Waals surface area contributed by atoms with Gasteiger partial charge in [0.05, 0.1) is 18.6 Å². The number of hydrogen-bond donors (Lipinski definition) is 0. The van der Waals surface area contributed by atoms with Gasteiger partial charge in [-0.3, -0.25) is 9.59 Å². The number of aromatic nitrogens is 1. The minimum atomic E-state index is -0.826. The van der Waals surface area contributed by atoms with Gasteiger partial charge >= 0.3 is 12.1 Å². The van der Waals surface area contributed by atoms with E-state index in [-0.39, 0.29) is 30.7 Å². The molecule has 10 heteroatoms. The summed E-state index contributed by atoms with van der Waals surface area (Å²) < 4.78 is 17.0. The SMILES string of the molecule is CCOC(=O)[C@H](C)Oc1cccc2c(=O)n(CC(=O)N3CCN(C(=O)OCC)CC3)ccc12. The monoisotopic (exact) mass is 459 g/mol. The Hall–Kier alpha value is -3.56. The van der Waals surface area contributed by atoms with Gasteiger partial charge in [-0.1, -0.05) is 6.07 Å². The highest BCUT2D eigenvalue weighted by atomic mass is 16.6. The van der Waals surface area contributed by atoms with E-state index in [2.05, 4.69) is 0 Å². The van der Waals surface area contributed by atoms with Crippen LogP contribution in [0.5, 0.6) is 5.75 Å². The molecule has 0 aliphatic carbocycles. The molecular formula is C23H29N3O7. The van der Waals surface area contributed by atoms with E-state index in [0.717, 1.165) is 0 Å². The molecule has 3 rings (SSSR count). The molecule has 33 heavy (non-hydrogen) atoms. The van der Waals surface area contributed by atoms with E-state index in [9.17, 15) is 19.2 Å². The number of rotatable bonds is 7. The predicted molar refractivity (Wildman–Crippen MR) is 120 cm³/mol. The maximum Gasteiger partial charge on any atom is 0.409 e. The highest BCUT2D eigenvalue weighted by Crippen LogP contribution is 2.24. The molecule has 2 amide bonds. The lowest BCUT2D eigenvalue weighted by atomic mass is 10.1. The van der Waals surface area contributed by atoms with Crippen molar-refractivity contribution in [3.8, 4) is 5.75 Å². The van der Waals surface area contributed by atoms with Crippen molar-refractivity contribution in [2.24, 2.45) is 0 Å². The summed E-state index contributed by atoms with van der Waals surface area (Å²) in [6, 6.07) is 6.68. The number of carbonyl (C=O) groups is 3. The number of pyridine rings is 1. The lowest BCUT2D eigenvalue weighted by Crippen LogP contribution is -2.51. The van der Waals surface area contributed by atoms with Crippen molar-refractivity contribution in [1.29, 1.82) is 0 Å². The van der Waals surface area contributed by atoms with Crippen molar-refractivity contribution in [3.63, 3.8) is 0 Å². The van der Waals surface area contributed by atoms with Gasteiger partial charge in [0.25, 0.3) is 5.56 Å². The van der Waals surface area contributed by atoms with Crippen molar-refractivity contribution >= 4 is 28.7 Å². The predicted octanol–water partition coefficient (Wildman–Crippen LogP) is 1.63. The Morgan fingerprint density at radius 2 is 1.61 bits per heavy atom. The number of ether oxygens (including phenoxy) is 3. The first-order valence-corrected chi connectivity index (χ1v) is 11.0.